The van der Waals surface area contributed by atoms with E-state index in [0.29, 0.717) is 0 Å². The molecule has 0 unspecified atom stereocenters. The molecule has 0 N–H and O–H groups in total. The van der Waals surface area contributed by atoms with Crippen molar-refractivity contribution >= 4 is 65.0 Å². The van der Waals surface area contributed by atoms with E-state index in [1.165, 1.54) is 71.1 Å². The highest BCUT2D eigenvalue weighted by Gasteiger charge is 2.20. The largest absolute Gasteiger partial charge is 0.455 e. The quantitative estimate of drug-likeness (QED) is 0.185. The first kappa shape index (κ1) is 26.1. The van der Waals surface area contributed by atoms with Gasteiger partial charge in [-0.3, -0.25) is 0 Å². The van der Waals surface area contributed by atoms with E-state index < -0.39 is 0 Å². The van der Waals surface area contributed by atoms with Crippen molar-refractivity contribution in [3.63, 3.8) is 0 Å². The van der Waals surface area contributed by atoms with Gasteiger partial charge in [-0.05, 0) is 101 Å². The van der Waals surface area contributed by atoms with Crippen LogP contribution in [0.3, 0.4) is 0 Å². The number of rotatable bonds is 3. The highest BCUT2D eigenvalue weighted by atomic mass is 16.3. The third-order valence-electron chi connectivity index (χ3n) is 9.82. The highest BCUT2D eigenvalue weighted by Crippen LogP contribution is 2.47. The van der Waals surface area contributed by atoms with Crippen LogP contribution in [0.15, 0.2) is 174 Å². The zero-order valence-electron chi connectivity index (χ0n) is 25.6. The Kier molecular flexibility index (Phi) is 5.64. The van der Waals surface area contributed by atoms with E-state index in [-0.39, 0.29) is 0 Å². The molecule has 0 fully saturated rings. The highest BCUT2D eigenvalue weighted by molar-refractivity contribution is 6.24. The maximum absolute atomic E-state index is 6.50. The lowest BCUT2D eigenvalue weighted by Gasteiger charge is -2.20. The molecular formula is C46H28O. The molecular weight excluding hydrogens is 569 g/mol. The lowest BCUT2D eigenvalue weighted by molar-refractivity contribution is 0.672. The first-order valence-corrected chi connectivity index (χ1v) is 16.2. The van der Waals surface area contributed by atoms with Crippen LogP contribution < -0.4 is 0 Å². The summed E-state index contributed by atoms with van der Waals surface area (Å²) in [5.74, 6) is 0. The van der Waals surface area contributed by atoms with Crippen molar-refractivity contribution in [3.8, 4) is 33.4 Å². The summed E-state index contributed by atoms with van der Waals surface area (Å²) in [6.45, 7) is 0. The summed E-state index contributed by atoms with van der Waals surface area (Å²) in [5.41, 5.74) is 9.27. The van der Waals surface area contributed by atoms with Crippen LogP contribution in [-0.4, -0.2) is 0 Å². The van der Waals surface area contributed by atoms with Gasteiger partial charge in [0.25, 0.3) is 0 Å². The van der Waals surface area contributed by atoms with Crippen molar-refractivity contribution in [1.82, 2.24) is 0 Å². The summed E-state index contributed by atoms with van der Waals surface area (Å²) in [5, 5.41) is 12.1. The molecule has 0 saturated heterocycles. The zero-order chi connectivity index (χ0) is 30.9. The molecule has 0 aliphatic heterocycles. The second-order valence-electron chi connectivity index (χ2n) is 12.4. The molecule has 47 heavy (non-hydrogen) atoms. The Hall–Kier alpha value is -6.18. The molecule has 218 valence electrons. The van der Waals surface area contributed by atoms with Crippen molar-refractivity contribution in [3.05, 3.63) is 170 Å². The fourth-order valence-corrected chi connectivity index (χ4v) is 7.69. The van der Waals surface area contributed by atoms with Crippen molar-refractivity contribution in [1.29, 1.82) is 0 Å². The van der Waals surface area contributed by atoms with Gasteiger partial charge in [-0.2, -0.15) is 0 Å². The second kappa shape index (κ2) is 10.2. The number of hydrogen-bond donors (Lipinski definition) is 0. The lowest BCUT2D eigenvalue weighted by Crippen LogP contribution is -1.93. The Morgan fingerprint density at radius 1 is 0.298 bits per heavy atom. The van der Waals surface area contributed by atoms with E-state index >= 15 is 0 Å². The Morgan fingerprint density at radius 3 is 1.53 bits per heavy atom. The molecule has 0 atom stereocenters. The molecule has 0 saturated carbocycles. The average Bonchev–Trinajstić information content (AvgIpc) is 3.52. The Balaban J connectivity index is 1.30. The van der Waals surface area contributed by atoms with Gasteiger partial charge >= 0.3 is 0 Å². The minimum absolute atomic E-state index is 0.911. The molecule has 0 radical (unpaired) electrons. The van der Waals surface area contributed by atoms with Gasteiger partial charge in [0, 0.05) is 16.2 Å². The van der Waals surface area contributed by atoms with E-state index in [0.717, 1.165) is 27.3 Å². The summed E-state index contributed by atoms with van der Waals surface area (Å²) in [6, 6.07) is 61.6. The molecule has 10 rings (SSSR count). The van der Waals surface area contributed by atoms with Crippen LogP contribution in [0, 0.1) is 0 Å². The number of fused-ring (bicyclic) bond motifs is 8. The van der Waals surface area contributed by atoms with Gasteiger partial charge in [-0.25, -0.2) is 0 Å². The normalized spacial score (nSPS) is 11.8. The third kappa shape index (κ3) is 3.97. The first-order valence-electron chi connectivity index (χ1n) is 16.2. The van der Waals surface area contributed by atoms with Gasteiger partial charge in [-0.1, -0.05) is 140 Å². The first-order chi connectivity index (χ1) is 23.3. The lowest BCUT2D eigenvalue weighted by atomic mass is 9.83. The molecule has 9 aromatic carbocycles. The van der Waals surface area contributed by atoms with Crippen molar-refractivity contribution < 1.29 is 4.42 Å². The van der Waals surface area contributed by atoms with Gasteiger partial charge in [0.05, 0.1) is 0 Å². The summed E-state index contributed by atoms with van der Waals surface area (Å²) in [7, 11) is 0. The zero-order valence-corrected chi connectivity index (χ0v) is 25.6. The predicted molar refractivity (Wildman–Crippen MR) is 200 cm³/mol. The summed E-state index contributed by atoms with van der Waals surface area (Å²) in [6.07, 6.45) is 0. The summed E-state index contributed by atoms with van der Waals surface area (Å²) >= 11 is 0. The smallest absolute Gasteiger partial charge is 0.143 e. The van der Waals surface area contributed by atoms with Crippen LogP contribution in [0.5, 0.6) is 0 Å². The van der Waals surface area contributed by atoms with Crippen molar-refractivity contribution in [2.75, 3.05) is 0 Å². The van der Waals surface area contributed by atoms with Gasteiger partial charge < -0.3 is 4.42 Å². The molecule has 10 aromatic rings. The Bertz CT molecular complexity index is 2780. The monoisotopic (exact) mass is 596 g/mol. The molecule has 0 aliphatic rings. The van der Waals surface area contributed by atoms with Crippen molar-refractivity contribution in [2.45, 2.75) is 0 Å². The third-order valence-corrected chi connectivity index (χ3v) is 9.82. The van der Waals surface area contributed by atoms with Gasteiger partial charge in [0.15, 0.2) is 0 Å². The van der Waals surface area contributed by atoms with Crippen LogP contribution in [-0.2, 0) is 0 Å². The van der Waals surface area contributed by atoms with Crippen LogP contribution >= 0.6 is 0 Å². The summed E-state index contributed by atoms with van der Waals surface area (Å²) < 4.78 is 6.50. The fraction of sp³-hybridized carbons (Fsp3) is 0. The number of furan rings is 1. The minimum atomic E-state index is 0.911. The SMILES string of the molecule is c1ccc(-c2cc3ccccc3cc2-c2c3ccccc3c(-c3ccc4oc5c6ccccc6ccc5c4c3)c3ccccc23)cc1. The fourth-order valence-electron chi connectivity index (χ4n) is 7.69. The predicted octanol–water partition coefficient (Wildman–Crippen LogP) is 13.2. The minimum Gasteiger partial charge on any atom is -0.455 e. The molecule has 0 spiro atoms. The molecule has 1 heteroatoms. The maximum atomic E-state index is 6.50. The topological polar surface area (TPSA) is 13.1 Å². The van der Waals surface area contributed by atoms with Gasteiger partial charge in [0.1, 0.15) is 11.2 Å². The van der Waals surface area contributed by atoms with E-state index in [1.54, 1.807) is 0 Å². The van der Waals surface area contributed by atoms with Gasteiger partial charge in [-0.15, -0.1) is 0 Å². The van der Waals surface area contributed by atoms with Crippen molar-refractivity contribution in [2.24, 2.45) is 0 Å². The van der Waals surface area contributed by atoms with Crippen LogP contribution in [0.2, 0.25) is 0 Å². The molecule has 1 nitrogen and oxygen atoms in total. The van der Waals surface area contributed by atoms with E-state index in [2.05, 4.69) is 170 Å². The van der Waals surface area contributed by atoms with Crippen LogP contribution in [0.4, 0.5) is 0 Å². The Morgan fingerprint density at radius 2 is 0.851 bits per heavy atom. The molecule has 0 aliphatic carbocycles. The summed E-state index contributed by atoms with van der Waals surface area (Å²) in [4.78, 5) is 0. The molecule has 1 heterocycles. The van der Waals surface area contributed by atoms with Gasteiger partial charge in [0.2, 0.25) is 0 Å². The second-order valence-corrected chi connectivity index (χ2v) is 12.4. The van der Waals surface area contributed by atoms with E-state index in [1.807, 2.05) is 0 Å². The average molecular weight is 597 g/mol. The molecule has 1 aromatic heterocycles. The standard InChI is InChI=1S/C46H28O/c1-2-12-29(13-3-1)40-26-31-15-4-5-16-32(31)27-42(40)45-37-20-10-8-18-35(37)44(36-19-9-11-21-38(36)45)33-23-25-43-41(28-33)39-24-22-30-14-6-7-17-34(30)46(39)47-43/h1-28H. The maximum Gasteiger partial charge on any atom is 0.143 e. The molecule has 0 amide bonds. The number of hydrogen-bond acceptors (Lipinski definition) is 1. The van der Waals surface area contributed by atoms with E-state index in [4.69, 9.17) is 4.42 Å². The Labute approximate surface area is 271 Å². The van der Waals surface area contributed by atoms with Crippen LogP contribution in [0.1, 0.15) is 0 Å². The van der Waals surface area contributed by atoms with E-state index in [9.17, 15) is 0 Å². The molecule has 0 bridgehead atoms. The number of benzene rings is 9. The van der Waals surface area contributed by atoms with Crippen LogP contribution in [0.25, 0.3) is 98.4 Å².